The molecule has 0 saturated heterocycles. The maximum atomic E-state index is 3.40. The van der Waals surface area contributed by atoms with E-state index >= 15 is 0 Å². The van der Waals surface area contributed by atoms with E-state index in [1.54, 1.807) is 0 Å². The Kier molecular flexibility index (Phi) is 9.69. The predicted molar refractivity (Wildman–Crippen MR) is 43.0 cm³/mol. The van der Waals surface area contributed by atoms with Crippen molar-refractivity contribution in [3.05, 3.63) is 0 Å². The molecule has 0 fully saturated rings. The molecule has 0 unspecified atom stereocenters. The van der Waals surface area contributed by atoms with Crippen LogP contribution in [0.2, 0.25) is 8.94 Å². The number of rotatable bonds is 4. The normalized spacial score (nSPS) is 9.43. The third-order valence-corrected chi connectivity index (χ3v) is 7.32. The minimum absolute atomic E-state index is 0.383. The van der Waals surface area contributed by atoms with Gasteiger partial charge in [-0.15, -0.1) is 0 Å². The summed E-state index contributed by atoms with van der Waals surface area (Å²) < 4.78 is 2.88. The van der Waals surface area contributed by atoms with E-state index in [0.717, 1.165) is 0 Å². The molecule has 0 atom stereocenters. The Morgan fingerprint density at radius 3 is 1.71 bits per heavy atom. The van der Waals surface area contributed by atoms with Gasteiger partial charge in [-0.3, -0.25) is 0 Å². The van der Waals surface area contributed by atoms with E-state index in [0.29, 0.717) is 20.9 Å². The third kappa shape index (κ3) is 7.75. The zero-order chi connectivity index (χ0) is 5.54. The van der Waals surface area contributed by atoms with Gasteiger partial charge in [0.25, 0.3) is 0 Å². The van der Waals surface area contributed by atoms with Crippen molar-refractivity contribution in [1.82, 2.24) is 0 Å². The molecule has 43 valence electrons. The molecule has 0 aliphatic heterocycles. The van der Waals surface area contributed by atoms with Gasteiger partial charge in [0.05, 0.1) is 0 Å². The molecule has 0 aromatic heterocycles. The van der Waals surface area contributed by atoms with Crippen LogP contribution < -0.4 is 0 Å². The summed E-state index contributed by atoms with van der Waals surface area (Å²) in [6, 6.07) is 0. The van der Waals surface area contributed by atoms with Crippen LogP contribution in [0.1, 0.15) is 0 Å². The van der Waals surface area contributed by atoms with Crippen molar-refractivity contribution in [3.8, 4) is 0 Å². The summed E-state index contributed by atoms with van der Waals surface area (Å²) in [5.41, 5.74) is 0. The molecule has 0 bridgehead atoms. The molecule has 3 heteroatoms. The van der Waals surface area contributed by atoms with Crippen LogP contribution in [0, 0.1) is 0 Å². The van der Waals surface area contributed by atoms with Crippen LogP contribution in [0.5, 0.6) is 0 Å². The van der Waals surface area contributed by atoms with Crippen molar-refractivity contribution in [3.63, 3.8) is 0 Å². The van der Waals surface area contributed by atoms with Gasteiger partial charge >= 0.3 is 72.4 Å². The Morgan fingerprint density at radius 2 is 1.43 bits per heavy atom. The zero-order valence-corrected chi connectivity index (χ0v) is 9.49. The van der Waals surface area contributed by atoms with E-state index in [9.17, 15) is 0 Å². The van der Waals surface area contributed by atoms with Crippen molar-refractivity contribution < 1.29 is 0 Å². The van der Waals surface area contributed by atoms with E-state index in [1.807, 2.05) is 0 Å². The van der Waals surface area contributed by atoms with Crippen LogP contribution in [-0.2, 0) is 0 Å². The van der Waals surface area contributed by atoms with Gasteiger partial charge in [-0.25, -0.2) is 0 Å². The molecule has 1 radical (unpaired) electrons. The van der Waals surface area contributed by atoms with Crippen molar-refractivity contribution >= 4 is 52.8 Å². The molecule has 0 aliphatic carbocycles. The van der Waals surface area contributed by atoms with E-state index in [4.69, 9.17) is 0 Å². The summed E-state index contributed by atoms with van der Waals surface area (Å²) in [6.45, 7) is 0. The van der Waals surface area contributed by atoms with E-state index in [2.05, 4.69) is 31.9 Å². The third-order valence-electron chi connectivity index (χ3n) is 0.443. The minimum atomic E-state index is 0.383. The fourth-order valence-corrected chi connectivity index (χ4v) is 4.49. The maximum absolute atomic E-state index is 3.40. The molecular weight excluding hydrogens is 335 g/mol. The molecule has 0 aliphatic rings. The molecule has 0 saturated carbocycles. The van der Waals surface area contributed by atoms with Gasteiger partial charge in [0.15, 0.2) is 0 Å². The number of hydrogen-bond acceptors (Lipinski definition) is 0. The Hall–Kier alpha value is 1.75. The second kappa shape index (κ2) is 7.75. The second-order valence-corrected chi connectivity index (χ2v) is 6.07. The Bertz CT molecular complexity index is 28.9. The molecule has 0 N–H and O–H groups in total. The molecule has 0 spiro atoms. The molecule has 0 heterocycles. The van der Waals surface area contributed by atoms with Crippen molar-refractivity contribution in [2.45, 2.75) is 8.94 Å². The van der Waals surface area contributed by atoms with Crippen LogP contribution in [0.3, 0.4) is 0 Å². The molecular formula is C4H8Br2Te+. The predicted octanol–water partition coefficient (Wildman–Crippen LogP) is 2.32. The van der Waals surface area contributed by atoms with Crippen LogP contribution in [0.25, 0.3) is 0 Å². The molecule has 0 aromatic rings. The van der Waals surface area contributed by atoms with Crippen molar-refractivity contribution in [1.29, 1.82) is 0 Å². The van der Waals surface area contributed by atoms with Gasteiger partial charge < -0.3 is 0 Å². The van der Waals surface area contributed by atoms with Crippen LogP contribution in [-0.4, -0.2) is 31.6 Å². The van der Waals surface area contributed by atoms with E-state index in [-0.39, 0.29) is 0 Å². The van der Waals surface area contributed by atoms with Gasteiger partial charge in [-0.2, -0.15) is 0 Å². The topological polar surface area (TPSA) is 0 Å². The second-order valence-electron chi connectivity index (χ2n) is 0.990. The summed E-state index contributed by atoms with van der Waals surface area (Å²) in [5.74, 6) is 0. The number of hydrogen-bond donors (Lipinski definition) is 0. The molecule has 0 amide bonds. The van der Waals surface area contributed by atoms with Crippen molar-refractivity contribution in [2.24, 2.45) is 0 Å². The fraction of sp³-hybridized carbons (Fsp3) is 1.00. The zero-order valence-electron chi connectivity index (χ0n) is 3.99. The molecule has 0 nitrogen and oxygen atoms in total. The molecule has 0 rings (SSSR count). The number of alkyl halides is 2. The van der Waals surface area contributed by atoms with Gasteiger partial charge in [0, 0.05) is 0 Å². The summed E-state index contributed by atoms with van der Waals surface area (Å²) >= 11 is 7.18. The Morgan fingerprint density at radius 1 is 1.00 bits per heavy atom. The average Bonchev–Trinajstić information content (AvgIpc) is 1.69. The first kappa shape index (κ1) is 8.75. The molecule has 0 aromatic carbocycles. The van der Waals surface area contributed by atoms with E-state index < -0.39 is 0 Å². The Labute approximate surface area is 71.8 Å². The van der Waals surface area contributed by atoms with E-state index in [1.165, 1.54) is 19.6 Å². The van der Waals surface area contributed by atoms with Crippen LogP contribution >= 0.6 is 31.9 Å². The fourth-order valence-electron chi connectivity index (χ4n) is 0.211. The molecule has 7 heavy (non-hydrogen) atoms. The first-order chi connectivity index (χ1) is 3.41. The van der Waals surface area contributed by atoms with Crippen LogP contribution in [0.4, 0.5) is 0 Å². The summed E-state index contributed by atoms with van der Waals surface area (Å²) in [6.07, 6.45) is 0. The van der Waals surface area contributed by atoms with Gasteiger partial charge in [-0.05, 0) is 0 Å². The van der Waals surface area contributed by atoms with Gasteiger partial charge in [0.1, 0.15) is 0 Å². The number of halogens is 2. The quantitative estimate of drug-likeness (QED) is 0.417. The average molecular weight is 344 g/mol. The van der Waals surface area contributed by atoms with Crippen LogP contribution in [0.15, 0.2) is 0 Å². The van der Waals surface area contributed by atoms with Crippen molar-refractivity contribution in [2.75, 3.05) is 10.7 Å². The standard InChI is InChI=1S/C4H8Br2Te/c5-1-3-7-4-2-6/h1-4H2/q+1. The Balaban J connectivity index is 2.45. The summed E-state index contributed by atoms with van der Waals surface area (Å²) in [4.78, 5) is 0. The monoisotopic (exact) mass is 344 g/mol. The SMILES string of the molecule is BrCC[Te+]CCBr. The summed E-state index contributed by atoms with van der Waals surface area (Å²) in [5, 5.41) is 2.42. The first-order valence-corrected chi connectivity index (χ1v) is 7.65. The van der Waals surface area contributed by atoms with Gasteiger partial charge in [0.2, 0.25) is 0 Å². The first-order valence-electron chi connectivity index (χ1n) is 2.11. The summed E-state index contributed by atoms with van der Waals surface area (Å²) in [7, 11) is 0. The van der Waals surface area contributed by atoms with Gasteiger partial charge in [-0.1, -0.05) is 0 Å².